The molecule has 3 rings (SSSR count). The molecule has 1 atom stereocenters. The Labute approximate surface area is 146 Å². The first kappa shape index (κ1) is 17.0. The van der Waals surface area contributed by atoms with Gasteiger partial charge in [0.25, 0.3) is 0 Å². The highest BCUT2D eigenvalue weighted by atomic mass is 16.5. The van der Waals surface area contributed by atoms with Crippen molar-refractivity contribution in [2.75, 3.05) is 18.1 Å². The predicted molar refractivity (Wildman–Crippen MR) is 98.2 cm³/mol. The van der Waals surface area contributed by atoms with Crippen LogP contribution in [0.4, 0.5) is 11.5 Å². The lowest BCUT2D eigenvalue weighted by atomic mass is 9.85. The van der Waals surface area contributed by atoms with Gasteiger partial charge in [0.05, 0.1) is 18.2 Å². The number of hydrogen-bond acceptors (Lipinski definition) is 6. The van der Waals surface area contributed by atoms with Gasteiger partial charge in [0.2, 0.25) is 0 Å². The van der Waals surface area contributed by atoms with E-state index in [1.54, 1.807) is 0 Å². The van der Waals surface area contributed by atoms with E-state index >= 15 is 0 Å². The summed E-state index contributed by atoms with van der Waals surface area (Å²) in [5.41, 5.74) is 16.3. The van der Waals surface area contributed by atoms with Gasteiger partial charge < -0.3 is 16.2 Å². The van der Waals surface area contributed by atoms with Crippen LogP contribution in [0.5, 0.6) is 0 Å². The molecule has 1 unspecified atom stereocenters. The highest BCUT2D eigenvalue weighted by molar-refractivity contribution is 5.85. The molecule has 2 aromatic rings. The molecule has 0 amide bonds. The number of ether oxygens (including phenoxy) is 1. The fourth-order valence-corrected chi connectivity index (χ4v) is 3.11. The smallest absolute Gasteiger partial charge is 0.309 e. The van der Waals surface area contributed by atoms with E-state index in [-0.39, 0.29) is 11.9 Å². The zero-order chi connectivity index (χ0) is 17.8. The maximum absolute atomic E-state index is 11.9. The molecule has 1 aromatic heterocycles. The molecular formula is C19H22N4O2. The van der Waals surface area contributed by atoms with Gasteiger partial charge in [-0.15, -0.1) is 0 Å². The van der Waals surface area contributed by atoms with Crippen molar-refractivity contribution in [2.24, 2.45) is 5.92 Å². The number of anilines is 2. The summed E-state index contributed by atoms with van der Waals surface area (Å²) < 4.78 is 5.12. The Morgan fingerprint density at radius 2 is 2.00 bits per heavy atom. The molecule has 1 aliphatic carbocycles. The van der Waals surface area contributed by atoms with Crippen molar-refractivity contribution in [2.45, 2.75) is 26.2 Å². The number of carbonyl (C=O) groups excluding carboxylic acids is 1. The molecule has 6 heteroatoms. The molecule has 0 radical (unpaired) electrons. The van der Waals surface area contributed by atoms with Crippen molar-refractivity contribution in [1.29, 1.82) is 0 Å². The largest absolute Gasteiger partial charge is 0.466 e. The number of carbonyl (C=O) groups is 1. The highest BCUT2D eigenvalue weighted by Gasteiger charge is 2.25. The highest BCUT2D eigenvalue weighted by Crippen LogP contribution is 2.37. The molecule has 0 aliphatic heterocycles. The normalized spacial score (nSPS) is 17.0. The number of allylic oxidation sites excluding steroid dienone is 2. The Morgan fingerprint density at radius 1 is 1.24 bits per heavy atom. The fourth-order valence-electron chi connectivity index (χ4n) is 3.11. The minimum Gasteiger partial charge on any atom is -0.466 e. The summed E-state index contributed by atoms with van der Waals surface area (Å²) in [5, 5.41) is 0. The lowest BCUT2D eigenvalue weighted by Crippen LogP contribution is -2.20. The van der Waals surface area contributed by atoms with E-state index in [9.17, 15) is 4.79 Å². The number of esters is 1. The van der Waals surface area contributed by atoms with E-state index < -0.39 is 0 Å². The SMILES string of the molecule is CCOC(=O)C1CC=C(c2c(N)ncnc2-c2ccc(N)cc2)CC1. The Balaban J connectivity index is 1.93. The Kier molecular flexibility index (Phi) is 4.97. The monoisotopic (exact) mass is 338 g/mol. The molecule has 1 aliphatic rings. The van der Waals surface area contributed by atoms with Gasteiger partial charge in [-0.25, -0.2) is 9.97 Å². The van der Waals surface area contributed by atoms with Crippen molar-refractivity contribution in [3.63, 3.8) is 0 Å². The van der Waals surface area contributed by atoms with Crippen molar-refractivity contribution in [1.82, 2.24) is 9.97 Å². The summed E-state index contributed by atoms with van der Waals surface area (Å²) >= 11 is 0. The van der Waals surface area contributed by atoms with Crippen LogP contribution >= 0.6 is 0 Å². The van der Waals surface area contributed by atoms with E-state index in [1.807, 2.05) is 31.2 Å². The number of rotatable bonds is 4. The van der Waals surface area contributed by atoms with Crippen LogP contribution < -0.4 is 11.5 Å². The van der Waals surface area contributed by atoms with Crippen LogP contribution in [0.1, 0.15) is 31.7 Å². The maximum Gasteiger partial charge on any atom is 0.309 e. The third kappa shape index (κ3) is 3.63. The van der Waals surface area contributed by atoms with Crippen LogP contribution in [-0.2, 0) is 9.53 Å². The molecule has 6 nitrogen and oxygen atoms in total. The molecule has 0 fully saturated rings. The molecule has 0 spiro atoms. The third-order valence-electron chi connectivity index (χ3n) is 4.41. The molecule has 0 saturated carbocycles. The molecule has 130 valence electrons. The first-order chi connectivity index (χ1) is 12.1. The molecule has 0 bridgehead atoms. The molecule has 1 aromatic carbocycles. The van der Waals surface area contributed by atoms with Gasteiger partial charge in [-0.3, -0.25) is 4.79 Å². The topological polar surface area (TPSA) is 104 Å². The average molecular weight is 338 g/mol. The second kappa shape index (κ2) is 7.34. The van der Waals surface area contributed by atoms with Crippen LogP contribution in [0.25, 0.3) is 16.8 Å². The van der Waals surface area contributed by atoms with E-state index in [2.05, 4.69) is 16.0 Å². The van der Waals surface area contributed by atoms with Gasteiger partial charge in [-0.05, 0) is 43.9 Å². The van der Waals surface area contributed by atoms with Gasteiger partial charge in [-0.2, -0.15) is 0 Å². The summed E-state index contributed by atoms with van der Waals surface area (Å²) in [6.45, 7) is 2.23. The van der Waals surface area contributed by atoms with Gasteiger partial charge in [0.1, 0.15) is 12.1 Å². The second-order valence-corrected chi connectivity index (χ2v) is 6.06. The number of aromatic nitrogens is 2. The Morgan fingerprint density at radius 3 is 2.64 bits per heavy atom. The van der Waals surface area contributed by atoms with Crippen molar-refractivity contribution >= 4 is 23.0 Å². The zero-order valence-electron chi connectivity index (χ0n) is 14.2. The second-order valence-electron chi connectivity index (χ2n) is 6.06. The van der Waals surface area contributed by atoms with Crippen LogP contribution in [0.15, 0.2) is 36.7 Å². The lowest BCUT2D eigenvalue weighted by molar-refractivity contribution is -0.148. The zero-order valence-corrected chi connectivity index (χ0v) is 14.2. The molecule has 25 heavy (non-hydrogen) atoms. The molecule has 0 saturated heterocycles. The van der Waals surface area contributed by atoms with Crippen LogP contribution in [-0.4, -0.2) is 22.5 Å². The van der Waals surface area contributed by atoms with Gasteiger partial charge in [0, 0.05) is 16.8 Å². The fraction of sp³-hybridized carbons (Fsp3) is 0.316. The summed E-state index contributed by atoms with van der Waals surface area (Å²) in [5.74, 6) is 0.228. The van der Waals surface area contributed by atoms with Crippen molar-refractivity contribution in [3.05, 3.63) is 42.2 Å². The third-order valence-corrected chi connectivity index (χ3v) is 4.41. The van der Waals surface area contributed by atoms with Gasteiger partial charge in [0.15, 0.2) is 0 Å². The van der Waals surface area contributed by atoms with Crippen molar-refractivity contribution in [3.8, 4) is 11.3 Å². The summed E-state index contributed by atoms with van der Waals surface area (Å²) in [6.07, 6.45) is 5.64. The van der Waals surface area contributed by atoms with E-state index in [1.165, 1.54) is 6.33 Å². The molecule has 4 N–H and O–H groups in total. The average Bonchev–Trinajstić information content (AvgIpc) is 2.62. The van der Waals surface area contributed by atoms with Crippen LogP contribution in [0, 0.1) is 5.92 Å². The minimum atomic E-state index is -0.131. The molecule has 1 heterocycles. The van der Waals surface area contributed by atoms with E-state index in [0.29, 0.717) is 24.5 Å². The Hall–Kier alpha value is -2.89. The van der Waals surface area contributed by atoms with Crippen LogP contribution in [0.3, 0.4) is 0 Å². The van der Waals surface area contributed by atoms with Crippen LogP contribution in [0.2, 0.25) is 0 Å². The number of nitrogens with zero attached hydrogens (tertiary/aromatic N) is 2. The number of benzene rings is 1. The number of hydrogen-bond donors (Lipinski definition) is 2. The quantitative estimate of drug-likeness (QED) is 0.656. The molecular weight excluding hydrogens is 316 g/mol. The van der Waals surface area contributed by atoms with Gasteiger partial charge >= 0.3 is 5.97 Å². The van der Waals surface area contributed by atoms with Crippen molar-refractivity contribution < 1.29 is 9.53 Å². The maximum atomic E-state index is 11.9. The summed E-state index contributed by atoms with van der Waals surface area (Å²) in [6, 6.07) is 7.52. The predicted octanol–water partition coefficient (Wildman–Crippen LogP) is 3.05. The first-order valence-electron chi connectivity index (χ1n) is 8.42. The summed E-state index contributed by atoms with van der Waals surface area (Å²) in [4.78, 5) is 20.5. The van der Waals surface area contributed by atoms with Gasteiger partial charge in [-0.1, -0.05) is 18.2 Å². The minimum absolute atomic E-state index is 0.0884. The van der Waals surface area contributed by atoms with E-state index in [4.69, 9.17) is 16.2 Å². The first-order valence-corrected chi connectivity index (χ1v) is 8.42. The lowest BCUT2D eigenvalue weighted by Gasteiger charge is -2.22. The Bertz CT molecular complexity index is 800. The number of nitrogens with two attached hydrogens (primary N) is 2. The van der Waals surface area contributed by atoms with E-state index in [0.717, 1.165) is 35.2 Å². The number of nitrogen functional groups attached to an aromatic ring is 2. The summed E-state index contributed by atoms with van der Waals surface area (Å²) in [7, 11) is 0. The standard InChI is InChI=1S/C19H22N4O2/c1-2-25-19(24)14-5-3-12(4-6-14)16-17(22-11-23-18(16)21)13-7-9-15(20)10-8-13/h3,7-11,14H,2,4-6,20H2,1H3,(H2,21,22,23).